The van der Waals surface area contributed by atoms with Crippen LogP contribution in [0.2, 0.25) is 0 Å². The van der Waals surface area contributed by atoms with E-state index in [0.717, 1.165) is 43.4 Å². The molecule has 0 atom stereocenters. The molecule has 4 heteroatoms. The average Bonchev–Trinajstić information content (AvgIpc) is 2.86. The van der Waals surface area contributed by atoms with E-state index in [-0.39, 0.29) is 11.9 Å². The maximum Gasteiger partial charge on any atom is 0.314 e. The summed E-state index contributed by atoms with van der Waals surface area (Å²) in [6, 6.07) is 3.59. The summed E-state index contributed by atoms with van der Waals surface area (Å²) in [5.74, 6) is 3.85. The van der Waals surface area contributed by atoms with Crippen molar-refractivity contribution in [3.63, 3.8) is 0 Å². The molecule has 0 radical (unpaired) electrons. The first-order valence-electron chi connectivity index (χ1n) is 14.0. The lowest BCUT2D eigenvalue weighted by Gasteiger charge is -2.31. The smallest absolute Gasteiger partial charge is 0.314 e. The van der Waals surface area contributed by atoms with Crippen LogP contribution in [0.1, 0.15) is 117 Å². The fraction of sp³-hybridized carbons (Fsp3) is 0.793. The quantitative estimate of drug-likeness (QED) is 0.221. The number of unbranched alkanes of at least 4 members (excludes halogenated alkanes) is 3. The summed E-state index contributed by atoms with van der Waals surface area (Å²) in [4.78, 5) is 16.9. The van der Waals surface area contributed by atoms with Crippen LogP contribution >= 0.6 is 0 Å². The molecule has 4 nitrogen and oxygen atoms in total. The Morgan fingerprint density at radius 3 is 2.00 bits per heavy atom. The van der Waals surface area contributed by atoms with Crippen molar-refractivity contribution in [1.82, 2.24) is 4.98 Å². The predicted octanol–water partition coefficient (Wildman–Crippen LogP) is 8.14. The first-order valence-corrected chi connectivity index (χ1v) is 14.0. The number of hydrogen-bond donors (Lipinski definition) is 0. The topological polar surface area (TPSA) is 48.4 Å². The summed E-state index contributed by atoms with van der Waals surface area (Å²) in [5, 5.41) is 0. The van der Waals surface area contributed by atoms with Crippen LogP contribution in [-0.2, 0) is 4.79 Å². The Kier molecular flexibility index (Phi) is 11.5. The Bertz CT molecular complexity index is 658. The second-order valence-corrected chi connectivity index (χ2v) is 10.6. The van der Waals surface area contributed by atoms with Gasteiger partial charge in [-0.3, -0.25) is 4.79 Å². The number of pyridine rings is 1. The third-order valence-electron chi connectivity index (χ3n) is 8.02. The van der Waals surface area contributed by atoms with E-state index >= 15 is 0 Å². The van der Waals surface area contributed by atoms with E-state index in [1.165, 1.54) is 77.0 Å². The van der Waals surface area contributed by atoms with E-state index in [2.05, 4.69) is 18.8 Å². The Balaban J connectivity index is 1.29. The number of ether oxygens (including phenoxy) is 2. The highest BCUT2D eigenvalue weighted by Gasteiger charge is 2.29. The van der Waals surface area contributed by atoms with Crippen LogP contribution in [0, 0.1) is 23.7 Å². The molecular formula is C29H47NO3. The normalized spacial score (nSPS) is 25.5. The van der Waals surface area contributed by atoms with Crippen molar-refractivity contribution in [2.75, 3.05) is 6.61 Å². The second kappa shape index (κ2) is 14.6. The maximum atomic E-state index is 12.6. The van der Waals surface area contributed by atoms with Gasteiger partial charge in [0.1, 0.15) is 5.75 Å². The van der Waals surface area contributed by atoms with Gasteiger partial charge in [0.05, 0.1) is 18.7 Å². The number of hydrogen-bond acceptors (Lipinski definition) is 4. The maximum absolute atomic E-state index is 12.6. The van der Waals surface area contributed by atoms with Crippen molar-refractivity contribution in [3.8, 4) is 11.6 Å². The van der Waals surface area contributed by atoms with Crippen molar-refractivity contribution in [1.29, 1.82) is 0 Å². The highest BCUT2D eigenvalue weighted by atomic mass is 16.5. The van der Waals surface area contributed by atoms with Gasteiger partial charge in [0.15, 0.2) is 0 Å². The molecule has 0 amide bonds. The first-order chi connectivity index (χ1) is 16.2. The molecule has 0 spiro atoms. The molecule has 0 aliphatic heterocycles. The zero-order valence-corrected chi connectivity index (χ0v) is 21.2. The van der Waals surface area contributed by atoms with E-state index in [1.807, 2.05) is 0 Å². The minimum absolute atomic E-state index is 0.0419. The molecule has 0 unspecified atom stereocenters. The molecule has 0 bridgehead atoms. The number of nitrogens with zero attached hydrogens (tertiary/aromatic N) is 1. The summed E-state index contributed by atoms with van der Waals surface area (Å²) in [6.45, 7) is 5.16. The molecule has 0 N–H and O–H groups in total. The van der Waals surface area contributed by atoms with E-state index in [9.17, 15) is 4.79 Å². The van der Waals surface area contributed by atoms with Gasteiger partial charge in [-0.1, -0.05) is 84.5 Å². The molecule has 186 valence electrons. The lowest BCUT2D eigenvalue weighted by Crippen LogP contribution is -2.26. The molecule has 33 heavy (non-hydrogen) atoms. The highest BCUT2D eigenvalue weighted by molar-refractivity contribution is 5.75. The summed E-state index contributed by atoms with van der Waals surface area (Å²) in [7, 11) is 0. The molecule has 0 aromatic carbocycles. The lowest BCUT2D eigenvalue weighted by molar-refractivity contribution is -0.140. The zero-order chi connectivity index (χ0) is 23.3. The standard InChI is InChI=1S/C29H47NO3/c1-3-5-7-21-32-28-20-19-27(22-30-28)33-29(31)26-17-15-25(16-18-26)14-13-24-11-9-23(10-12-24)8-6-4-2/h19-20,22-26H,3-18,21H2,1-2H3. The van der Waals surface area contributed by atoms with Crippen LogP contribution in [0.25, 0.3) is 0 Å². The fourth-order valence-corrected chi connectivity index (χ4v) is 5.70. The average molecular weight is 458 g/mol. The summed E-state index contributed by atoms with van der Waals surface area (Å²) in [6.07, 6.45) is 22.1. The van der Waals surface area contributed by atoms with Crippen LogP contribution in [0.5, 0.6) is 11.6 Å². The fourth-order valence-electron chi connectivity index (χ4n) is 5.70. The molecular weight excluding hydrogens is 410 g/mol. The molecule has 2 aliphatic carbocycles. The summed E-state index contributed by atoms with van der Waals surface area (Å²) in [5.41, 5.74) is 0. The highest BCUT2D eigenvalue weighted by Crippen LogP contribution is 2.38. The van der Waals surface area contributed by atoms with Crippen molar-refractivity contribution < 1.29 is 14.3 Å². The molecule has 0 saturated heterocycles. The minimum atomic E-state index is -0.0859. The van der Waals surface area contributed by atoms with Crippen LogP contribution in [0.4, 0.5) is 0 Å². The molecule has 2 saturated carbocycles. The second-order valence-electron chi connectivity index (χ2n) is 10.6. The van der Waals surface area contributed by atoms with Gasteiger partial charge in [-0.05, 0) is 55.9 Å². The molecule has 2 fully saturated rings. The molecule has 1 heterocycles. The van der Waals surface area contributed by atoms with Crippen molar-refractivity contribution >= 4 is 5.97 Å². The van der Waals surface area contributed by atoms with Crippen molar-refractivity contribution in [2.45, 2.75) is 117 Å². The summed E-state index contributed by atoms with van der Waals surface area (Å²) >= 11 is 0. The van der Waals surface area contributed by atoms with Crippen LogP contribution in [0.15, 0.2) is 18.3 Å². The van der Waals surface area contributed by atoms with Gasteiger partial charge in [-0.2, -0.15) is 0 Å². The van der Waals surface area contributed by atoms with Crippen LogP contribution in [-0.4, -0.2) is 17.6 Å². The predicted molar refractivity (Wildman–Crippen MR) is 135 cm³/mol. The molecule has 1 aromatic heterocycles. The van der Waals surface area contributed by atoms with Gasteiger partial charge in [-0.15, -0.1) is 0 Å². The van der Waals surface area contributed by atoms with E-state index < -0.39 is 0 Å². The van der Waals surface area contributed by atoms with E-state index in [1.54, 1.807) is 18.3 Å². The number of esters is 1. The molecule has 2 aliphatic rings. The zero-order valence-electron chi connectivity index (χ0n) is 21.2. The van der Waals surface area contributed by atoms with Gasteiger partial charge in [0, 0.05) is 6.07 Å². The summed E-state index contributed by atoms with van der Waals surface area (Å²) < 4.78 is 11.3. The monoisotopic (exact) mass is 457 g/mol. The number of rotatable bonds is 13. The Hall–Kier alpha value is -1.58. The van der Waals surface area contributed by atoms with E-state index in [0.29, 0.717) is 18.2 Å². The Labute approximate surface area is 202 Å². The van der Waals surface area contributed by atoms with Gasteiger partial charge in [-0.25, -0.2) is 4.98 Å². The van der Waals surface area contributed by atoms with Gasteiger partial charge in [0.2, 0.25) is 5.88 Å². The minimum Gasteiger partial charge on any atom is -0.478 e. The van der Waals surface area contributed by atoms with Gasteiger partial charge < -0.3 is 9.47 Å². The Morgan fingerprint density at radius 2 is 1.42 bits per heavy atom. The van der Waals surface area contributed by atoms with Crippen molar-refractivity contribution in [2.24, 2.45) is 23.7 Å². The van der Waals surface area contributed by atoms with Gasteiger partial charge in [0.25, 0.3) is 0 Å². The number of carbonyl (C=O) groups excluding carboxylic acids is 1. The molecule has 1 aromatic rings. The SMILES string of the molecule is CCCCCOc1ccc(OC(=O)C2CCC(CCC3CCC(CCCC)CC3)CC2)cn1. The van der Waals surface area contributed by atoms with Crippen molar-refractivity contribution in [3.05, 3.63) is 18.3 Å². The molecule has 3 rings (SSSR count). The van der Waals surface area contributed by atoms with Gasteiger partial charge >= 0.3 is 5.97 Å². The van der Waals surface area contributed by atoms with Crippen LogP contribution in [0.3, 0.4) is 0 Å². The third-order valence-corrected chi connectivity index (χ3v) is 8.02. The largest absolute Gasteiger partial charge is 0.478 e. The number of aromatic nitrogens is 1. The Morgan fingerprint density at radius 1 is 0.818 bits per heavy atom. The van der Waals surface area contributed by atoms with E-state index in [4.69, 9.17) is 9.47 Å². The first kappa shape index (κ1) is 26.0. The number of carbonyl (C=O) groups is 1. The lowest BCUT2D eigenvalue weighted by atomic mass is 9.75. The third kappa shape index (κ3) is 9.29. The van der Waals surface area contributed by atoms with Crippen LogP contribution < -0.4 is 9.47 Å².